The van der Waals surface area contributed by atoms with E-state index in [0.29, 0.717) is 0 Å². The summed E-state index contributed by atoms with van der Waals surface area (Å²) in [6, 6.07) is 60.8. The summed E-state index contributed by atoms with van der Waals surface area (Å²) in [4.78, 5) is 8.03. The number of thiophene rings is 1. The van der Waals surface area contributed by atoms with E-state index in [4.69, 9.17) is 4.42 Å². The summed E-state index contributed by atoms with van der Waals surface area (Å²) in [6.45, 7) is 19.2. The van der Waals surface area contributed by atoms with Crippen LogP contribution in [0.1, 0.15) is 97.8 Å². The van der Waals surface area contributed by atoms with Crippen molar-refractivity contribution in [1.82, 2.24) is 0 Å². The third-order valence-corrected chi connectivity index (χ3v) is 18.4. The van der Waals surface area contributed by atoms with Crippen LogP contribution >= 0.6 is 11.3 Å². The van der Waals surface area contributed by atoms with E-state index >= 15 is 0 Å². The molecule has 10 aromatic rings. The van der Waals surface area contributed by atoms with Gasteiger partial charge in [0.25, 0.3) is 6.71 Å². The van der Waals surface area contributed by atoms with E-state index in [1.807, 2.05) is 11.3 Å². The van der Waals surface area contributed by atoms with Crippen LogP contribution in [-0.2, 0) is 16.2 Å². The van der Waals surface area contributed by atoms with Gasteiger partial charge < -0.3 is 19.1 Å². The lowest BCUT2D eigenvalue weighted by Crippen LogP contribution is -2.62. The number of hydrogen-bond donors (Lipinski definition) is 0. The van der Waals surface area contributed by atoms with Crippen LogP contribution < -0.4 is 31.1 Å². The monoisotopic (exact) mass is 927 g/mol. The lowest BCUT2D eigenvalue weighted by atomic mass is 9.33. The minimum atomic E-state index is -0.129. The number of furan rings is 1. The molecule has 4 nitrogen and oxygen atoms in total. The molecule has 344 valence electrons. The van der Waals surface area contributed by atoms with Crippen molar-refractivity contribution in [3.05, 3.63) is 174 Å². The second-order valence-electron chi connectivity index (χ2n) is 23.3. The maximum absolute atomic E-state index is 6.50. The van der Waals surface area contributed by atoms with Gasteiger partial charge in [0.2, 0.25) is 0 Å². The molecule has 0 spiro atoms. The van der Waals surface area contributed by atoms with Gasteiger partial charge in [-0.15, -0.1) is 11.3 Å². The molecule has 0 radical (unpaired) electrons. The van der Waals surface area contributed by atoms with Crippen LogP contribution in [0.3, 0.4) is 0 Å². The van der Waals surface area contributed by atoms with E-state index in [-0.39, 0.29) is 28.5 Å². The first-order valence-corrected chi connectivity index (χ1v) is 26.3. The highest BCUT2D eigenvalue weighted by Crippen LogP contribution is 2.62. The van der Waals surface area contributed by atoms with Crippen LogP contribution in [-0.4, -0.2) is 12.3 Å². The number of hydrogen-bond acceptors (Lipinski definition) is 5. The molecule has 5 heterocycles. The topological polar surface area (TPSA) is 22.9 Å². The molecular weight excluding hydrogens is 870 g/mol. The van der Waals surface area contributed by atoms with Crippen LogP contribution in [0, 0.1) is 0 Å². The van der Waals surface area contributed by atoms with Crippen LogP contribution in [0.15, 0.2) is 162 Å². The Labute approximate surface area is 416 Å². The van der Waals surface area contributed by atoms with Gasteiger partial charge >= 0.3 is 0 Å². The second-order valence-corrected chi connectivity index (χ2v) is 24.4. The van der Waals surface area contributed by atoms with E-state index in [0.717, 1.165) is 34.0 Å². The SMILES string of the molecule is CC(C)(C)c1ccc2c(c1)B1c3cc(C(C)(C)C)ccc3N(c3ccc4sc5ccccc5c4c3)c3cc(N4c5ccccc5C5(C)CCCCC45C)cc(c31)N2c1ccc2oc3ccccc3c2c1. The van der Waals surface area contributed by atoms with Gasteiger partial charge in [-0.25, -0.2) is 0 Å². The van der Waals surface area contributed by atoms with Crippen molar-refractivity contribution >= 4 is 122 Å². The first kappa shape index (κ1) is 42.2. The highest BCUT2D eigenvalue weighted by molar-refractivity contribution is 7.25. The summed E-state index contributed by atoms with van der Waals surface area (Å²) in [7, 11) is 0. The molecule has 70 heavy (non-hydrogen) atoms. The van der Waals surface area contributed by atoms with Gasteiger partial charge in [-0.3, -0.25) is 0 Å². The summed E-state index contributed by atoms with van der Waals surface area (Å²) in [5.41, 5.74) is 19.6. The van der Waals surface area contributed by atoms with Gasteiger partial charge in [-0.05, 0) is 143 Å². The van der Waals surface area contributed by atoms with Crippen molar-refractivity contribution in [1.29, 1.82) is 0 Å². The van der Waals surface area contributed by atoms with Crippen LogP contribution in [0.4, 0.5) is 45.5 Å². The Morgan fingerprint density at radius 2 is 1.06 bits per heavy atom. The molecule has 8 aromatic carbocycles. The standard InChI is InChI=1S/C64H58BN3OS/c1-61(2,3)39-23-27-52-49(33-39)65-50-34-40(62(4,5)6)24-28-53(50)67(42-26-30-59-47(36-42)45-18-10-14-22-58(45)70-59)55-38-43(68-51-20-12-11-19-48(51)63(7)31-15-16-32-64(63,68)8)37-54(60(55)65)66(52)41-25-29-57-46(35-41)44-17-9-13-21-56(44)69-57/h9-14,17-30,33-38H,15-16,31-32H2,1-8H3. The predicted molar refractivity (Wildman–Crippen MR) is 301 cm³/mol. The normalized spacial score (nSPS) is 19.5. The Bertz CT molecular complexity index is 3640. The fourth-order valence-electron chi connectivity index (χ4n) is 13.4. The predicted octanol–water partition coefficient (Wildman–Crippen LogP) is 16.4. The van der Waals surface area contributed by atoms with Crippen molar-refractivity contribution < 1.29 is 4.42 Å². The molecule has 6 heteroatoms. The van der Waals surface area contributed by atoms with Crippen LogP contribution in [0.5, 0.6) is 0 Å². The largest absolute Gasteiger partial charge is 0.456 e. The van der Waals surface area contributed by atoms with Gasteiger partial charge in [0, 0.05) is 81.9 Å². The zero-order chi connectivity index (χ0) is 47.6. The Morgan fingerprint density at radius 1 is 0.486 bits per heavy atom. The summed E-state index contributed by atoms with van der Waals surface area (Å²) in [5.74, 6) is 0. The molecule has 1 aliphatic carbocycles. The van der Waals surface area contributed by atoms with Gasteiger partial charge in [0.1, 0.15) is 11.2 Å². The molecule has 3 aliphatic heterocycles. The average molecular weight is 928 g/mol. The molecule has 0 N–H and O–H groups in total. The Balaban J connectivity index is 1.13. The van der Waals surface area contributed by atoms with E-state index in [9.17, 15) is 0 Å². The van der Waals surface area contributed by atoms with Gasteiger partial charge in [0.15, 0.2) is 0 Å². The molecular formula is C64H58BN3OS. The number of rotatable bonds is 3. The third kappa shape index (κ3) is 5.77. The number of benzene rings is 8. The molecule has 1 saturated carbocycles. The van der Waals surface area contributed by atoms with Crippen molar-refractivity contribution in [2.24, 2.45) is 0 Å². The van der Waals surface area contributed by atoms with Gasteiger partial charge in [-0.2, -0.15) is 0 Å². The maximum Gasteiger partial charge on any atom is 0.252 e. The van der Waals surface area contributed by atoms with E-state index in [1.165, 1.54) is 112 Å². The van der Waals surface area contributed by atoms with Crippen molar-refractivity contribution in [2.75, 3.05) is 14.7 Å². The summed E-state index contributed by atoms with van der Waals surface area (Å²) < 4.78 is 9.14. The highest BCUT2D eigenvalue weighted by atomic mass is 32.1. The Morgan fingerprint density at radius 3 is 1.76 bits per heavy atom. The fraction of sp³-hybridized carbons (Fsp3) is 0.250. The zero-order valence-corrected chi connectivity index (χ0v) is 42.4. The number of anilines is 8. The lowest BCUT2D eigenvalue weighted by Gasteiger charge is -2.51. The molecule has 1 fully saturated rings. The minimum Gasteiger partial charge on any atom is -0.456 e. The molecule has 2 atom stereocenters. The Hall–Kier alpha value is -6.76. The molecule has 2 unspecified atom stereocenters. The van der Waals surface area contributed by atoms with Crippen molar-refractivity contribution in [3.63, 3.8) is 0 Å². The zero-order valence-electron chi connectivity index (χ0n) is 41.6. The summed E-state index contributed by atoms with van der Waals surface area (Å²) >= 11 is 1.89. The minimum absolute atomic E-state index is 0.00121. The lowest BCUT2D eigenvalue weighted by molar-refractivity contribution is 0.195. The number of fused-ring (bicyclic) bond motifs is 13. The quantitative estimate of drug-likeness (QED) is 0.165. The third-order valence-electron chi connectivity index (χ3n) is 17.3. The maximum atomic E-state index is 6.50. The first-order valence-electron chi connectivity index (χ1n) is 25.5. The van der Waals surface area contributed by atoms with Gasteiger partial charge in [0.05, 0.1) is 5.54 Å². The smallest absolute Gasteiger partial charge is 0.252 e. The molecule has 0 bridgehead atoms. The molecule has 0 saturated heterocycles. The molecule has 4 aliphatic rings. The fourth-order valence-corrected chi connectivity index (χ4v) is 14.5. The highest BCUT2D eigenvalue weighted by Gasteiger charge is 2.58. The van der Waals surface area contributed by atoms with Gasteiger partial charge in [-0.1, -0.05) is 140 Å². The molecule has 14 rings (SSSR count). The van der Waals surface area contributed by atoms with E-state index < -0.39 is 0 Å². The summed E-state index contributed by atoms with van der Waals surface area (Å²) in [6.07, 6.45) is 4.77. The number of para-hydroxylation sites is 2. The molecule has 0 amide bonds. The van der Waals surface area contributed by atoms with E-state index in [2.05, 4.69) is 228 Å². The summed E-state index contributed by atoms with van der Waals surface area (Å²) in [5, 5.41) is 4.88. The first-order chi connectivity index (χ1) is 33.7. The van der Waals surface area contributed by atoms with Crippen molar-refractivity contribution in [2.45, 2.75) is 103 Å². The van der Waals surface area contributed by atoms with Crippen LogP contribution in [0.2, 0.25) is 0 Å². The molecule has 2 aromatic heterocycles. The average Bonchev–Trinajstić information content (AvgIpc) is 3.98. The van der Waals surface area contributed by atoms with Crippen molar-refractivity contribution in [3.8, 4) is 0 Å². The number of nitrogens with zero attached hydrogens (tertiary/aromatic N) is 3. The van der Waals surface area contributed by atoms with E-state index in [1.54, 1.807) is 0 Å². The Kier molecular flexibility index (Phi) is 8.68. The second kappa shape index (κ2) is 14.4. The van der Waals surface area contributed by atoms with Crippen LogP contribution in [0.25, 0.3) is 42.1 Å².